The van der Waals surface area contributed by atoms with Crippen LogP contribution in [0.1, 0.15) is 38.5 Å². The van der Waals surface area contributed by atoms with Crippen LogP contribution in [0.25, 0.3) is 16.9 Å². The zero-order valence-electron chi connectivity index (χ0n) is 16.9. The van der Waals surface area contributed by atoms with E-state index in [2.05, 4.69) is 25.6 Å². The minimum atomic E-state index is 0.215. The molecule has 1 saturated carbocycles. The summed E-state index contributed by atoms with van der Waals surface area (Å²) in [6.45, 7) is 1.52. The highest BCUT2D eigenvalue weighted by molar-refractivity contribution is 5.72. The molecule has 0 spiro atoms. The van der Waals surface area contributed by atoms with Gasteiger partial charge in [0.1, 0.15) is 11.9 Å². The largest absolute Gasteiger partial charge is 0.490 e. The summed E-state index contributed by atoms with van der Waals surface area (Å²) in [4.78, 5) is 9.09. The maximum Gasteiger partial charge on any atom is 0.225 e. The van der Waals surface area contributed by atoms with Crippen molar-refractivity contribution < 1.29 is 9.47 Å². The molecule has 1 saturated heterocycles. The van der Waals surface area contributed by atoms with Gasteiger partial charge in [0, 0.05) is 24.9 Å². The number of aromatic nitrogens is 5. The third kappa shape index (κ3) is 4.22. The number of benzene rings is 1. The van der Waals surface area contributed by atoms with E-state index in [9.17, 15) is 0 Å². The zero-order chi connectivity index (χ0) is 20.3. The molecule has 2 aromatic heterocycles. The molecule has 5 rings (SSSR count). The van der Waals surface area contributed by atoms with Crippen LogP contribution < -0.4 is 15.8 Å². The van der Waals surface area contributed by atoms with Gasteiger partial charge in [0.2, 0.25) is 5.95 Å². The third-order valence-corrected chi connectivity index (χ3v) is 5.85. The molecule has 0 unspecified atom stereocenters. The van der Waals surface area contributed by atoms with Crippen LogP contribution in [0.4, 0.5) is 5.95 Å². The minimum absolute atomic E-state index is 0.215. The van der Waals surface area contributed by atoms with Crippen molar-refractivity contribution in [1.82, 2.24) is 25.0 Å². The molecule has 30 heavy (non-hydrogen) atoms. The van der Waals surface area contributed by atoms with E-state index in [1.165, 1.54) is 0 Å². The van der Waals surface area contributed by atoms with Crippen LogP contribution in [-0.4, -0.2) is 56.4 Å². The van der Waals surface area contributed by atoms with Crippen molar-refractivity contribution in [1.29, 1.82) is 0 Å². The number of nitrogens with zero attached hydrogens (tertiary/aromatic N) is 5. The molecule has 9 heteroatoms. The molecule has 1 aliphatic heterocycles. The molecular weight excluding hydrogens is 382 g/mol. The van der Waals surface area contributed by atoms with Gasteiger partial charge in [-0.2, -0.15) is 9.67 Å². The number of nitrogens with one attached hydrogen (secondary N) is 1. The lowest BCUT2D eigenvalue weighted by atomic mass is 9.92. The quantitative estimate of drug-likeness (QED) is 0.661. The lowest BCUT2D eigenvalue weighted by Gasteiger charge is -2.26. The van der Waals surface area contributed by atoms with Gasteiger partial charge in [0.25, 0.3) is 0 Å². The predicted octanol–water partition coefficient (Wildman–Crippen LogP) is 2.45. The van der Waals surface area contributed by atoms with Gasteiger partial charge < -0.3 is 20.5 Å². The van der Waals surface area contributed by atoms with Gasteiger partial charge in [0.15, 0.2) is 11.2 Å². The van der Waals surface area contributed by atoms with Gasteiger partial charge in [0.05, 0.1) is 25.1 Å². The van der Waals surface area contributed by atoms with Gasteiger partial charge in [-0.25, -0.2) is 4.98 Å². The van der Waals surface area contributed by atoms with Gasteiger partial charge in [-0.15, -0.1) is 5.10 Å². The van der Waals surface area contributed by atoms with E-state index in [-0.39, 0.29) is 6.10 Å². The maximum absolute atomic E-state index is 6.06. The van der Waals surface area contributed by atoms with Crippen molar-refractivity contribution in [2.75, 3.05) is 18.5 Å². The second kappa shape index (κ2) is 8.53. The molecule has 3 heterocycles. The van der Waals surface area contributed by atoms with Crippen molar-refractivity contribution in [3.8, 4) is 11.4 Å². The molecule has 1 aliphatic carbocycles. The first-order chi connectivity index (χ1) is 14.7. The van der Waals surface area contributed by atoms with E-state index in [0.29, 0.717) is 29.2 Å². The summed E-state index contributed by atoms with van der Waals surface area (Å²) in [5.41, 5.74) is 8.22. The van der Waals surface area contributed by atoms with E-state index in [1.807, 2.05) is 24.3 Å². The molecule has 0 bridgehead atoms. The highest BCUT2D eigenvalue weighted by atomic mass is 16.5. The molecule has 9 nitrogen and oxygen atoms in total. The standard InChI is InChI=1S/C21H27N7O2/c22-14-1-3-15(4-2-14)24-21-23-13-19-20(25-21)28(27-26-19)16-5-7-17(8-6-16)30-18-9-11-29-12-10-18/h5-8,13-15,18H,1-4,9-12,22H2,(H,23,24,25). The molecule has 0 radical (unpaired) electrons. The molecule has 3 aromatic rings. The van der Waals surface area contributed by atoms with Crippen LogP contribution in [0.5, 0.6) is 5.75 Å². The number of rotatable bonds is 5. The summed E-state index contributed by atoms with van der Waals surface area (Å²) in [5, 5.41) is 11.9. The fourth-order valence-electron chi connectivity index (χ4n) is 4.07. The van der Waals surface area contributed by atoms with Gasteiger partial charge in [-0.05, 0) is 49.9 Å². The Kier molecular flexibility index (Phi) is 5.46. The monoisotopic (exact) mass is 409 g/mol. The van der Waals surface area contributed by atoms with Crippen LogP contribution in [0, 0.1) is 0 Å². The van der Waals surface area contributed by atoms with Crippen molar-refractivity contribution in [2.24, 2.45) is 5.73 Å². The first-order valence-electron chi connectivity index (χ1n) is 10.7. The van der Waals surface area contributed by atoms with E-state index in [1.54, 1.807) is 10.9 Å². The lowest BCUT2D eigenvalue weighted by molar-refractivity contribution is 0.0256. The molecule has 158 valence electrons. The Morgan fingerprint density at radius 2 is 1.80 bits per heavy atom. The SMILES string of the molecule is NC1CCC(Nc2ncc3nnn(-c4ccc(OC5CCOCC5)cc4)c3n2)CC1. The third-order valence-electron chi connectivity index (χ3n) is 5.85. The summed E-state index contributed by atoms with van der Waals surface area (Å²) in [5.74, 6) is 1.45. The zero-order valence-corrected chi connectivity index (χ0v) is 16.9. The number of anilines is 1. The average molecular weight is 409 g/mol. The Balaban J connectivity index is 1.32. The van der Waals surface area contributed by atoms with Gasteiger partial charge >= 0.3 is 0 Å². The smallest absolute Gasteiger partial charge is 0.225 e. The van der Waals surface area contributed by atoms with E-state index >= 15 is 0 Å². The molecule has 3 N–H and O–H groups in total. The number of hydrogen-bond acceptors (Lipinski definition) is 8. The first-order valence-corrected chi connectivity index (χ1v) is 10.7. The molecule has 2 fully saturated rings. The van der Waals surface area contributed by atoms with Crippen molar-refractivity contribution in [3.05, 3.63) is 30.5 Å². The molecule has 0 amide bonds. The molecule has 0 atom stereocenters. The number of fused-ring (bicyclic) bond motifs is 1. The summed E-state index contributed by atoms with van der Waals surface area (Å²) in [7, 11) is 0. The van der Waals surface area contributed by atoms with Crippen molar-refractivity contribution >= 4 is 17.1 Å². The van der Waals surface area contributed by atoms with Gasteiger partial charge in [-0.3, -0.25) is 0 Å². The van der Waals surface area contributed by atoms with E-state index < -0.39 is 0 Å². The Labute approximate surface area is 175 Å². The molecule has 2 aliphatic rings. The van der Waals surface area contributed by atoms with Crippen LogP contribution in [0.15, 0.2) is 30.5 Å². The minimum Gasteiger partial charge on any atom is -0.490 e. The van der Waals surface area contributed by atoms with Crippen LogP contribution in [0.2, 0.25) is 0 Å². The fraction of sp³-hybridized carbons (Fsp3) is 0.524. The van der Waals surface area contributed by atoms with Crippen LogP contribution in [-0.2, 0) is 4.74 Å². The summed E-state index contributed by atoms with van der Waals surface area (Å²) in [6.07, 6.45) is 7.91. The molecular formula is C21H27N7O2. The molecule has 1 aromatic carbocycles. The highest BCUT2D eigenvalue weighted by Gasteiger charge is 2.20. The van der Waals surface area contributed by atoms with Crippen molar-refractivity contribution in [3.63, 3.8) is 0 Å². The maximum atomic E-state index is 6.06. The van der Waals surface area contributed by atoms with E-state index in [0.717, 1.165) is 63.2 Å². The Morgan fingerprint density at radius 1 is 1.03 bits per heavy atom. The highest BCUT2D eigenvalue weighted by Crippen LogP contribution is 2.23. The second-order valence-electron chi connectivity index (χ2n) is 8.08. The lowest BCUT2D eigenvalue weighted by Crippen LogP contribution is -2.33. The fourth-order valence-corrected chi connectivity index (χ4v) is 4.07. The topological polar surface area (TPSA) is 113 Å². The van der Waals surface area contributed by atoms with Gasteiger partial charge in [-0.1, -0.05) is 5.21 Å². The Bertz CT molecular complexity index is 977. The summed E-state index contributed by atoms with van der Waals surface area (Å²) < 4.78 is 13.2. The van der Waals surface area contributed by atoms with E-state index in [4.69, 9.17) is 15.2 Å². The summed E-state index contributed by atoms with van der Waals surface area (Å²) in [6, 6.07) is 8.54. The first kappa shape index (κ1) is 19.2. The summed E-state index contributed by atoms with van der Waals surface area (Å²) >= 11 is 0. The number of hydrogen-bond donors (Lipinski definition) is 2. The number of ether oxygens (including phenoxy) is 2. The van der Waals surface area contributed by atoms with Crippen LogP contribution >= 0.6 is 0 Å². The normalized spacial score (nSPS) is 22.8. The second-order valence-corrected chi connectivity index (χ2v) is 8.08. The Hall–Kier alpha value is -2.78. The predicted molar refractivity (Wildman–Crippen MR) is 113 cm³/mol. The van der Waals surface area contributed by atoms with Crippen LogP contribution in [0.3, 0.4) is 0 Å². The Morgan fingerprint density at radius 3 is 2.57 bits per heavy atom. The average Bonchev–Trinajstić information content (AvgIpc) is 3.20. The van der Waals surface area contributed by atoms with Crippen molar-refractivity contribution in [2.45, 2.75) is 56.7 Å². The number of nitrogens with two attached hydrogens (primary N) is 1.